The molecule has 288 valence electrons. The summed E-state index contributed by atoms with van der Waals surface area (Å²) in [6, 6.07) is 39.3. The average Bonchev–Trinajstić information content (AvgIpc) is 3.22. The van der Waals surface area contributed by atoms with Crippen LogP contribution in [0.15, 0.2) is 120 Å². The second kappa shape index (κ2) is 12.5. The van der Waals surface area contributed by atoms with Crippen LogP contribution in [0.3, 0.4) is 0 Å². The lowest BCUT2D eigenvalue weighted by atomic mass is 9.33. The molecule has 12 rings (SSSR count). The number of nitrogens with zero attached hydrogens (tertiary/aromatic N) is 3. The molecular formula is C56H46BN3. The Kier molecular flexibility index (Phi) is 7.38. The first-order chi connectivity index (χ1) is 29.1. The number of allylic oxidation sites excluding steroid dienone is 4. The van der Waals surface area contributed by atoms with Gasteiger partial charge in [-0.25, -0.2) is 9.97 Å². The van der Waals surface area contributed by atoms with Gasteiger partial charge in [0, 0.05) is 27.5 Å². The number of fused-ring (bicyclic) bond motifs is 2. The van der Waals surface area contributed by atoms with E-state index in [9.17, 15) is 0 Å². The Labute approximate surface area is 353 Å². The topological polar surface area (TPSA) is 29.0 Å². The van der Waals surface area contributed by atoms with Gasteiger partial charge in [0.05, 0.1) is 28.5 Å². The second-order valence-corrected chi connectivity index (χ2v) is 18.0. The van der Waals surface area contributed by atoms with Crippen molar-refractivity contribution in [1.82, 2.24) is 9.97 Å². The normalized spacial score (nSPS) is 14.5. The molecule has 3 nitrogen and oxygen atoms in total. The maximum Gasteiger partial charge on any atom is 0.247 e. The van der Waals surface area contributed by atoms with E-state index in [4.69, 9.17) is 9.97 Å². The third-order valence-corrected chi connectivity index (χ3v) is 14.4. The largest absolute Gasteiger partial charge is 0.306 e. The molecule has 0 amide bonds. The molecule has 4 heterocycles. The molecule has 0 unspecified atom stereocenters. The number of benzene rings is 7. The fourth-order valence-electron chi connectivity index (χ4n) is 11.8. The summed E-state index contributed by atoms with van der Waals surface area (Å²) in [7, 11) is 0. The lowest BCUT2D eigenvalue weighted by Crippen LogP contribution is -2.59. The van der Waals surface area contributed by atoms with E-state index in [0.29, 0.717) is 0 Å². The SMILES string of the molecule is CC1=CCCC(C)=C1c1ccc2c3c4c(ccc13)B(c1c(C)cccc1C)c1ccc3c(-c5c(C)cccc5C)ccc5c3c1N4c1c-2nc(-c2c(C)cccc2C)nc1-5. The maximum absolute atomic E-state index is 5.70. The van der Waals surface area contributed by atoms with Gasteiger partial charge < -0.3 is 4.90 Å². The molecule has 60 heavy (non-hydrogen) atoms. The van der Waals surface area contributed by atoms with Crippen LogP contribution < -0.4 is 21.3 Å². The molecule has 4 heteroatoms. The molecule has 0 N–H and O–H groups in total. The Bertz CT molecular complexity index is 3300. The molecule has 7 aromatic carbocycles. The molecule has 4 aliphatic rings. The zero-order chi connectivity index (χ0) is 40.9. The molecule has 3 aliphatic heterocycles. The van der Waals surface area contributed by atoms with Crippen LogP contribution in [-0.4, -0.2) is 16.7 Å². The molecule has 1 aromatic heterocycles. The number of rotatable bonds is 4. The molecule has 0 spiro atoms. The summed E-state index contributed by atoms with van der Waals surface area (Å²) in [6.45, 7) is 18.2. The van der Waals surface area contributed by atoms with Gasteiger partial charge >= 0.3 is 0 Å². The van der Waals surface area contributed by atoms with Gasteiger partial charge in [0.25, 0.3) is 0 Å². The Hall–Kier alpha value is -6.52. The van der Waals surface area contributed by atoms with Gasteiger partial charge in [-0.1, -0.05) is 131 Å². The predicted octanol–water partition coefficient (Wildman–Crippen LogP) is 12.7. The van der Waals surface area contributed by atoms with E-state index < -0.39 is 0 Å². The molecular weight excluding hydrogens is 725 g/mol. The van der Waals surface area contributed by atoms with Crippen LogP contribution in [0.25, 0.3) is 72.1 Å². The molecule has 0 saturated heterocycles. The van der Waals surface area contributed by atoms with E-state index in [2.05, 4.69) is 169 Å². The zero-order valence-corrected chi connectivity index (χ0v) is 35.7. The summed E-state index contributed by atoms with van der Waals surface area (Å²) in [6.07, 6.45) is 4.62. The number of aryl methyl sites for hydroxylation is 6. The molecule has 8 aromatic rings. The van der Waals surface area contributed by atoms with Crippen LogP contribution in [-0.2, 0) is 0 Å². The molecule has 0 fully saturated rings. The highest BCUT2D eigenvalue weighted by molar-refractivity contribution is 6.99. The third kappa shape index (κ3) is 4.57. The Morgan fingerprint density at radius 2 is 0.967 bits per heavy atom. The minimum Gasteiger partial charge on any atom is -0.306 e. The van der Waals surface area contributed by atoms with Crippen LogP contribution >= 0.6 is 0 Å². The third-order valence-electron chi connectivity index (χ3n) is 14.4. The minimum absolute atomic E-state index is 0.0460. The maximum atomic E-state index is 5.70. The molecule has 0 saturated carbocycles. The van der Waals surface area contributed by atoms with Crippen molar-refractivity contribution >= 4 is 67.3 Å². The van der Waals surface area contributed by atoms with Crippen LogP contribution in [0.5, 0.6) is 0 Å². The first-order valence-corrected chi connectivity index (χ1v) is 21.6. The number of anilines is 3. The zero-order valence-electron chi connectivity index (χ0n) is 35.7. The number of aromatic nitrogens is 2. The van der Waals surface area contributed by atoms with E-state index in [1.54, 1.807) is 0 Å². The number of hydrogen-bond acceptors (Lipinski definition) is 3. The van der Waals surface area contributed by atoms with E-state index in [1.807, 2.05) is 0 Å². The summed E-state index contributed by atoms with van der Waals surface area (Å²) >= 11 is 0. The highest BCUT2D eigenvalue weighted by atomic mass is 15.2. The van der Waals surface area contributed by atoms with Gasteiger partial charge in [0.2, 0.25) is 6.71 Å². The van der Waals surface area contributed by atoms with Crippen LogP contribution in [0.2, 0.25) is 0 Å². The van der Waals surface area contributed by atoms with Gasteiger partial charge in [0.15, 0.2) is 5.82 Å². The fraction of sp³-hybridized carbons (Fsp3) is 0.179. The van der Waals surface area contributed by atoms with Crippen LogP contribution in [0, 0.1) is 41.5 Å². The molecule has 0 bridgehead atoms. The molecule has 1 aliphatic carbocycles. The summed E-state index contributed by atoms with van der Waals surface area (Å²) < 4.78 is 0. The average molecular weight is 772 g/mol. The summed E-state index contributed by atoms with van der Waals surface area (Å²) in [5, 5.41) is 5.13. The first-order valence-electron chi connectivity index (χ1n) is 21.6. The second-order valence-electron chi connectivity index (χ2n) is 18.0. The monoisotopic (exact) mass is 771 g/mol. The Morgan fingerprint density at radius 3 is 1.52 bits per heavy atom. The highest BCUT2D eigenvalue weighted by Gasteiger charge is 2.46. The van der Waals surface area contributed by atoms with E-state index in [0.717, 1.165) is 41.3 Å². The van der Waals surface area contributed by atoms with Gasteiger partial charge in [-0.15, -0.1) is 0 Å². The lowest BCUT2D eigenvalue weighted by Gasteiger charge is -2.45. The quantitative estimate of drug-likeness (QED) is 0.167. The predicted molar refractivity (Wildman–Crippen MR) is 256 cm³/mol. The van der Waals surface area contributed by atoms with Crippen molar-refractivity contribution in [2.24, 2.45) is 0 Å². The van der Waals surface area contributed by atoms with Gasteiger partial charge in [-0.05, 0) is 140 Å². The van der Waals surface area contributed by atoms with Gasteiger partial charge in [0.1, 0.15) is 0 Å². The minimum atomic E-state index is 0.0460. The van der Waals surface area contributed by atoms with Crippen molar-refractivity contribution in [2.75, 3.05) is 4.90 Å². The fourth-order valence-corrected chi connectivity index (χ4v) is 11.8. The molecule has 0 atom stereocenters. The van der Waals surface area contributed by atoms with Gasteiger partial charge in [-0.2, -0.15) is 0 Å². The van der Waals surface area contributed by atoms with Crippen molar-refractivity contribution in [3.05, 3.63) is 159 Å². The molecule has 0 radical (unpaired) electrons. The lowest BCUT2D eigenvalue weighted by molar-refractivity contribution is 0.953. The summed E-state index contributed by atoms with van der Waals surface area (Å²) in [5.74, 6) is 0.790. The summed E-state index contributed by atoms with van der Waals surface area (Å²) in [5.41, 5.74) is 29.0. The van der Waals surface area contributed by atoms with E-state index >= 15 is 0 Å². The van der Waals surface area contributed by atoms with Crippen LogP contribution in [0.4, 0.5) is 17.1 Å². The Balaban J connectivity index is 1.30. The van der Waals surface area contributed by atoms with Crippen molar-refractivity contribution in [1.29, 1.82) is 0 Å². The van der Waals surface area contributed by atoms with Crippen LogP contribution in [0.1, 0.15) is 65.6 Å². The van der Waals surface area contributed by atoms with Crippen molar-refractivity contribution < 1.29 is 0 Å². The van der Waals surface area contributed by atoms with Crippen molar-refractivity contribution in [2.45, 2.75) is 68.2 Å². The van der Waals surface area contributed by atoms with E-state index in [1.165, 1.54) is 127 Å². The first kappa shape index (κ1) is 35.4. The standard InChI is InChI=1S/C56H46BN3/c1-29-13-9-14-30(2)45(29)37-21-23-41-48-39(37)25-27-43-53(48)60-54-44(57(43)50-35(7)19-12-20-36(50)8)28-26-40-38(46-31(3)15-10-16-32(46)4)22-24-42(49(40)54)52-55(60)51(41)58-56(59-52)47-33(5)17-11-18-34(47)6/h9,11-15,17-28H,10,16H2,1-8H3. The van der Waals surface area contributed by atoms with Crippen molar-refractivity contribution in [3.8, 4) is 45.0 Å². The van der Waals surface area contributed by atoms with Crippen molar-refractivity contribution in [3.63, 3.8) is 0 Å². The summed E-state index contributed by atoms with van der Waals surface area (Å²) in [4.78, 5) is 14.0. The highest BCUT2D eigenvalue weighted by Crippen LogP contribution is 2.60. The Morgan fingerprint density at radius 1 is 0.483 bits per heavy atom. The van der Waals surface area contributed by atoms with E-state index in [-0.39, 0.29) is 6.71 Å². The smallest absolute Gasteiger partial charge is 0.247 e. The van der Waals surface area contributed by atoms with Gasteiger partial charge in [-0.3, -0.25) is 0 Å². The number of hydrogen-bond donors (Lipinski definition) is 0.